The van der Waals surface area contributed by atoms with Crippen LogP contribution in [0.15, 0.2) is 55.0 Å². The first-order valence-corrected chi connectivity index (χ1v) is 10.4. The summed E-state index contributed by atoms with van der Waals surface area (Å²) in [5, 5.41) is 3.22. The molecule has 1 aromatic carbocycles. The maximum atomic E-state index is 13.1. The van der Waals surface area contributed by atoms with Crippen LogP contribution in [0.4, 0.5) is 0 Å². The predicted molar refractivity (Wildman–Crippen MR) is 114 cm³/mol. The van der Waals surface area contributed by atoms with Gasteiger partial charge in [0.25, 0.3) is 5.91 Å². The van der Waals surface area contributed by atoms with Crippen molar-refractivity contribution < 1.29 is 4.79 Å². The van der Waals surface area contributed by atoms with E-state index < -0.39 is 0 Å². The maximum Gasteiger partial charge on any atom is 0.255 e. The second kappa shape index (κ2) is 8.95. The molecule has 0 spiro atoms. The van der Waals surface area contributed by atoms with Crippen LogP contribution in [0.5, 0.6) is 0 Å². The first kappa shape index (κ1) is 19.2. The fourth-order valence-electron chi connectivity index (χ4n) is 3.81. The van der Waals surface area contributed by atoms with Crippen LogP contribution >= 0.6 is 0 Å². The van der Waals surface area contributed by atoms with Crippen LogP contribution in [0.2, 0.25) is 0 Å². The number of aryl methyl sites for hydroxylation is 1. The van der Waals surface area contributed by atoms with E-state index in [4.69, 9.17) is 4.98 Å². The fourth-order valence-corrected chi connectivity index (χ4v) is 3.81. The van der Waals surface area contributed by atoms with Gasteiger partial charge in [0.1, 0.15) is 0 Å². The summed E-state index contributed by atoms with van der Waals surface area (Å²) < 4.78 is 0. The van der Waals surface area contributed by atoms with Gasteiger partial charge < -0.3 is 5.32 Å². The molecular formula is C24H26N4O. The molecule has 0 radical (unpaired) electrons. The molecule has 4 rings (SSSR count). The van der Waals surface area contributed by atoms with E-state index in [0.717, 1.165) is 24.0 Å². The van der Waals surface area contributed by atoms with Crippen molar-refractivity contribution in [3.8, 4) is 22.6 Å². The van der Waals surface area contributed by atoms with Crippen molar-refractivity contribution in [2.24, 2.45) is 0 Å². The molecule has 0 atom stereocenters. The number of rotatable bonds is 4. The maximum absolute atomic E-state index is 13.1. The number of hydrogen-bond acceptors (Lipinski definition) is 4. The molecule has 1 fully saturated rings. The summed E-state index contributed by atoms with van der Waals surface area (Å²) in [5.41, 5.74) is 4.13. The van der Waals surface area contributed by atoms with Crippen LogP contribution in [0.25, 0.3) is 22.6 Å². The molecule has 5 nitrogen and oxygen atoms in total. The summed E-state index contributed by atoms with van der Waals surface area (Å²) in [4.78, 5) is 26.5. The lowest BCUT2D eigenvalue weighted by Crippen LogP contribution is -2.35. The lowest BCUT2D eigenvalue weighted by Gasteiger charge is -2.17. The van der Waals surface area contributed by atoms with Crippen LogP contribution in [0.1, 0.15) is 54.4 Å². The van der Waals surface area contributed by atoms with Crippen LogP contribution in [0, 0.1) is 6.92 Å². The van der Waals surface area contributed by atoms with E-state index in [2.05, 4.69) is 15.3 Å². The Balaban J connectivity index is 1.68. The third-order valence-corrected chi connectivity index (χ3v) is 5.49. The van der Waals surface area contributed by atoms with Gasteiger partial charge in [-0.1, -0.05) is 55.5 Å². The number of nitrogens with one attached hydrogen (secondary N) is 1. The van der Waals surface area contributed by atoms with E-state index in [1.54, 1.807) is 18.6 Å². The standard InChI is InChI=1S/C24H26N4O/c1-17-8-10-19(11-9-17)23-26-16-21(22(28-23)18-12-14-25-15-13-18)24(29)27-20-6-4-2-3-5-7-20/h8-16,20H,2-7H2,1H3,(H,27,29). The van der Waals surface area contributed by atoms with Crippen molar-refractivity contribution in [2.75, 3.05) is 0 Å². The van der Waals surface area contributed by atoms with E-state index in [9.17, 15) is 4.79 Å². The minimum absolute atomic E-state index is 0.0980. The molecule has 29 heavy (non-hydrogen) atoms. The van der Waals surface area contributed by atoms with Crippen LogP contribution in [0.3, 0.4) is 0 Å². The molecule has 3 aromatic rings. The summed E-state index contributed by atoms with van der Waals surface area (Å²) in [7, 11) is 0. The van der Waals surface area contributed by atoms with Crippen molar-refractivity contribution >= 4 is 5.91 Å². The molecule has 0 aliphatic heterocycles. The van der Waals surface area contributed by atoms with E-state index in [-0.39, 0.29) is 11.9 Å². The summed E-state index contributed by atoms with van der Waals surface area (Å²) in [6.07, 6.45) is 12.0. The summed E-state index contributed by atoms with van der Waals surface area (Å²) in [6, 6.07) is 12.1. The molecular weight excluding hydrogens is 360 g/mol. The number of carbonyl (C=O) groups is 1. The second-order valence-electron chi connectivity index (χ2n) is 7.72. The summed E-state index contributed by atoms with van der Waals surface area (Å²) in [5.74, 6) is 0.516. The van der Waals surface area contributed by atoms with E-state index in [1.165, 1.54) is 31.2 Å². The molecule has 2 heterocycles. The zero-order valence-electron chi connectivity index (χ0n) is 16.8. The highest BCUT2D eigenvalue weighted by Gasteiger charge is 2.20. The van der Waals surface area contributed by atoms with Gasteiger partial charge in [0.15, 0.2) is 5.82 Å². The van der Waals surface area contributed by atoms with E-state index >= 15 is 0 Å². The number of amides is 1. The molecule has 1 aliphatic rings. The zero-order chi connectivity index (χ0) is 20.1. The van der Waals surface area contributed by atoms with Gasteiger partial charge >= 0.3 is 0 Å². The molecule has 1 saturated carbocycles. The first-order valence-electron chi connectivity index (χ1n) is 10.4. The predicted octanol–water partition coefficient (Wildman–Crippen LogP) is 4.97. The van der Waals surface area contributed by atoms with Crippen LogP contribution in [-0.4, -0.2) is 26.9 Å². The molecule has 0 saturated heterocycles. The monoisotopic (exact) mass is 386 g/mol. The third-order valence-electron chi connectivity index (χ3n) is 5.49. The van der Waals surface area contributed by atoms with Crippen molar-refractivity contribution in [3.63, 3.8) is 0 Å². The Labute approximate surface area is 171 Å². The molecule has 0 unspecified atom stereocenters. The smallest absolute Gasteiger partial charge is 0.255 e. The van der Waals surface area contributed by atoms with Gasteiger partial charge in [-0.25, -0.2) is 9.97 Å². The van der Waals surface area contributed by atoms with Gasteiger partial charge in [-0.2, -0.15) is 0 Å². The Morgan fingerprint density at radius 1 is 0.931 bits per heavy atom. The average molecular weight is 386 g/mol. The largest absolute Gasteiger partial charge is 0.349 e. The topological polar surface area (TPSA) is 67.8 Å². The highest BCUT2D eigenvalue weighted by atomic mass is 16.1. The molecule has 148 valence electrons. The highest BCUT2D eigenvalue weighted by molar-refractivity contribution is 6.00. The number of pyridine rings is 1. The van der Waals surface area contributed by atoms with Crippen molar-refractivity contribution in [1.82, 2.24) is 20.3 Å². The van der Waals surface area contributed by atoms with Gasteiger partial charge in [0.05, 0.1) is 11.3 Å². The van der Waals surface area contributed by atoms with Gasteiger partial charge in [-0.3, -0.25) is 9.78 Å². The van der Waals surface area contributed by atoms with Crippen molar-refractivity contribution in [3.05, 3.63) is 66.1 Å². The lowest BCUT2D eigenvalue weighted by molar-refractivity contribution is 0.0933. The van der Waals surface area contributed by atoms with Gasteiger partial charge in [0.2, 0.25) is 0 Å². The highest BCUT2D eigenvalue weighted by Crippen LogP contribution is 2.25. The Hall–Kier alpha value is -3.08. The van der Waals surface area contributed by atoms with Crippen molar-refractivity contribution in [2.45, 2.75) is 51.5 Å². The average Bonchev–Trinajstić information content (AvgIpc) is 3.03. The molecule has 0 bridgehead atoms. The number of carbonyl (C=O) groups excluding carboxylic acids is 1. The molecule has 1 aliphatic carbocycles. The number of nitrogens with zero attached hydrogens (tertiary/aromatic N) is 3. The van der Waals surface area contributed by atoms with Crippen LogP contribution < -0.4 is 5.32 Å². The number of aromatic nitrogens is 3. The number of hydrogen-bond donors (Lipinski definition) is 1. The van der Waals surface area contributed by atoms with Crippen molar-refractivity contribution in [1.29, 1.82) is 0 Å². The fraction of sp³-hybridized carbons (Fsp3) is 0.333. The molecule has 5 heteroatoms. The SMILES string of the molecule is Cc1ccc(-c2ncc(C(=O)NC3CCCCCC3)c(-c3ccncc3)n2)cc1. The Morgan fingerprint density at radius 2 is 1.62 bits per heavy atom. The Morgan fingerprint density at radius 3 is 2.31 bits per heavy atom. The van der Waals surface area contributed by atoms with Gasteiger partial charge in [-0.05, 0) is 31.9 Å². The van der Waals surface area contributed by atoms with E-state index in [1.807, 2.05) is 43.3 Å². The third kappa shape index (κ3) is 4.67. The lowest BCUT2D eigenvalue weighted by atomic mass is 10.0. The zero-order valence-corrected chi connectivity index (χ0v) is 16.8. The Kier molecular flexibility index (Phi) is 5.94. The molecule has 2 aromatic heterocycles. The molecule has 1 N–H and O–H groups in total. The normalized spacial score (nSPS) is 14.9. The summed E-state index contributed by atoms with van der Waals surface area (Å²) in [6.45, 7) is 2.05. The summed E-state index contributed by atoms with van der Waals surface area (Å²) >= 11 is 0. The van der Waals surface area contributed by atoms with Crippen LogP contribution in [-0.2, 0) is 0 Å². The number of benzene rings is 1. The quantitative estimate of drug-likeness (QED) is 0.643. The van der Waals surface area contributed by atoms with Gasteiger partial charge in [0, 0.05) is 35.8 Å². The first-order chi connectivity index (χ1) is 14.2. The van der Waals surface area contributed by atoms with Gasteiger partial charge in [-0.15, -0.1) is 0 Å². The minimum Gasteiger partial charge on any atom is -0.349 e. The second-order valence-corrected chi connectivity index (χ2v) is 7.72. The van der Waals surface area contributed by atoms with E-state index in [0.29, 0.717) is 17.1 Å². The Bertz CT molecular complexity index is 962. The minimum atomic E-state index is -0.0980. The molecule has 1 amide bonds.